The summed E-state index contributed by atoms with van der Waals surface area (Å²) in [5.74, 6) is -0.420. The molecule has 21 heavy (non-hydrogen) atoms. The van der Waals surface area contributed by atoms with Gasteiger partial charge in [-0.05, 0) is 59.0 Å². The molecule has 0 unspecified atom stereocenters. The van der Waals surface area contributed by atoms with Gasteiger partial charge in [0.25, 0.3) is 0 Å². The van der Waals surface area contributed by atoms with Gasteiger partial charge in [0.05, 0.1) is 5.56 Å². The number of halogens is 2. The van der Waals surface area contributed by atoms with Crippen molar-refractivity contribution in [3.63, 3.8) is 0 Å². The molecule has 2 N–H and O–H groups in total. The Labute approximate surface area is 141 Å². The van der Waals surface area contributed by atoms with Gasteiger partial charge in [-0.25, -0.2) is 4.79 Å². The molecular formula is C15H13ClINO3. The molecule has 2 rings (SSSR count). The number of rotatable bonds is 6. The number of nitrogens with one attached hydrogen (secondary N) is 1. The van der Waals surface area contributed by atoms with Crippen LogP contribution in [0.25, 0.3) is 0 Å². The van der Waals surface area contributed by atoms with Crippen molar-refractivity contribution in [2.75, 3.05) is 18.5 Å². The van der Waals surface area contributed by atoms with E-state index < -0.39 is 5.97 Å². The van der Waals surface area contributed by atoms with Gasteiger partial charge in [-0.2, -0.15) is 0 Å². The monoisotopic (exact) mass is 417 g/mol. The number of carbonyl (C=O) groups is 1. The van der Waals surface area contributed by atoms with Crippen molar-refractivity contribution in [2.45, 2.75) is 0 Å². The summed E-state index contributed by atoms with van der Waals surface area (Å²) in [5.41, 5.74) is 1.20. The second-order valence-corrected chi connectivity index (χ2v) is 5.83. The van der Waals surface area contributed by atoms with Gasteiger partial charge in [-0.3, -0.25) is 0 Å². The second-order valence-electron chi connectivity index (χ2n) is 4.23. The summed E-state index contributed by atoms with van der Waals surface area (Å²) in [6.07, 6.45) is 0. The molecule has 110 valence electrons. The van der Waals surface area contributed by atoms with Crippen LogP contribution < -0.4 is 10.1 Å². The third-order valence-electron chi connectivity index (χ3n) is 2.70. The van der Waals surface area contributed by atoms with Crippen molar-refractivity contribution in [2.24, 2.45) is 0 Å². The number of hydrogen-bond donors (Lipinski definition) is 2. The maximum absolute atomic E-state index is 10.9. The minimum absolute atomic E-state index is 0.215. The summed E-state index contributed by atoms with van der Waals surface area (Å²) in [5, 5.41) is 12.8. The van der Waals surface area contributed by atoms with Crippen LogP contribution >= 0.6 is 34.2 Å². The fourth-order valence-corrected chi connectivity index (χ4v) is 2.77. The molecule has 0 saturated heterocycles. The lowest BCUT2D eigenvalue weighted by Crippen LogP contribution is -2.12. The molecule has 0 heterocycles. The van der Waals surface area contributed by atoms with Crippen LogP contribution in [-0.2, 0) is 0 Å². The first kappa shape index (κ1) is 15.9. The van der Waals surface area contributed by atoms with E-state index in [0.29, 0.717) is 23.9 Å². The molecule has 0 aliphatic carbocycles. The molecule has 4 nitrogen and oxygen atoms in total. The fraction of sp³-hybridized carbons (Fsp3) is 0.133. The van der Waals surface area contributed by atoms with Gasteiger partial charge in [0.15, 0.2) is 0 Å². The van der Waals surface area contributed by atoms with Crippen LogP contribution in [0.4, 0.5) is 5.69 Å². The van der Waals surface area contributed by atoms with Gasteiger partial charge in [0.1, 0.15) is 12.4 Å². The molecule has 2 aromatic rings. The zero-order valence-corrected chi connectivity index (χ0v) is 13.9. The molecule has 0 atom stereocenters. The first-order valence-corrected chi connectivity index (χ1v) is 7.67. The van der Waals surface area contributed by atoms with Crippen molar-refractivity contribution < 1.29 is 14.6 Å². The van der Waals surface area contributed by atoms with Crippen molar-refractivity contribution in [1.29, 1.82) is 0 Å². The lowest BCUT2D eigenvalue weighted by atomic mass is 10.2. The molecule has 0 bridgehead atoms. The summed E-state index contributed by atoms with van der Waals surface area (Å²) in [7, 11) is 0. The molecule has 6 heteroatoms. The fourth-order valence-electron chi connectivity index (χ4n) is 1.71. The van der Waals surface area contributed by atoms with E-state index in [0.717, 1.165) is 9.26 Å². The predicted molar refractivity (Wildman–Crippen MR) is 91.6 cm³/mol. The third-order valence-corrected chi connectivity index (χ3v) is 3.83. The van der Waals surface area contributed by atoms with E-state index in [9.17, 15) is 4.79 Å². The summed E-state index contributed by atoms with van der Waals surface area (Å²) in [4.78, 5) is 10.9. The molecular weight excluding hydrogens is 405 g/mol. The molecule has 0 amide bonds. The zero-order chi connectivity index (χ0) is 15.2. The molecule has 0 spiro atoms. The van der Waals surface area contributed by atoms with E-state index in [4.69, 9.17) is 21.4 Å². The standard InChI is InChI=1S/C15H13ClINO3/c16-11-4-5-14(13(17)9-11)18-6-7-21-12-3-1-2-10(8-12)15(19)20/h1-5,8-9,18H,6-7H2,(H,19,20). The minimum Gasteiger partial charge on any atom is -0.492 e. The molecule has 0 aliphatic heterocycles. The van der Waals surface area contributed by atoms with Crippen LogP contribution in [0.2, 0.25) is 5.02 Å². The van der Waals surface area contributed by atoms with E-state index in [-0.39, 0.29) is 5.56 Å². The van der Waals surface area contributed by atoms with Crippen LogP contribution in [0.1, 0.15) is 10.4 Å². The van der Waals surface area contributed by atoms with Crippen molar-refractivity contribution in [3.05, 3.63) is 56.6 Å². The first-order chi connectivity index (χ1) is 10.1. The first-order valence-electron chi connectivity index (χ1n) is 6.21. The Morgan fingerprint density at radius 2 is 2.10 bits per heavy atom. The number of carboxylic acids is 1. The minimum atomic E-state index is -0.964. The summed E-state index contributed by atoms with van der Waals surface area (Å²) in [6, 6.07) is 12.0. The number of carboxylic acid groups (broad SMARTS) is 1. The van der Waals surface area contributed by atoms with Gasteiger partial charge in [0.2, 0.25) is 0 Å². The van der Waals surface area contributed by atoms with Crippen molar-refractivity contribution in [3.8, 4) is 5.75 Å². The Bertz CT molecular complexity index is 649. The Hall–Kier alpha value is -1.47. The number of hydrogen-bond acceptors (Lipinski definition) is 3. The van der Waals surface area contributed by atoms with E-state index in [1.807, 2.05) is 18.2 Å². The maximum Gasteiger partial charge on any atom is 0.335 e. The third kappa shape index (κ3) is 4.78. The Balaban J connectivity index is 1.84. The summed E-state index contributed by atoms with van der Waals surface area (Å²) >= 11 is 8.10. The number of ether oxygens (including phenoxy) is 1. The number of anilines is 1. The zero-order valence-electron chi connectivity index (χ0n) is 11.0. The Morgan fingerprint density at radius 1 is 1.29 bits per heavy atom. The highest BCUT2D eigenvalue weighted by molar-refractivity contribution is 14.1. The van der Waals surface area contributed by atoms with E-state index in [2.05, 4.69) is 27.9 Å². The highest BCUT2D eigenvalue weighted by Crippen LogP contribution is 2.22. The van der Waals surface area contributed by atoms with E-state index in [1.165, 1.54) is 12.1 Å². The molecule has 0 saturated carbocycles. The van der Waals surface area contributed by atoms with Crippen LogP contribution in [0, 0.1) is 3.57 Å². The normalized spacial score (nSPS) is 10.2. The van der Waals surface area contributed by atoms with Crippen molar-refractivity contribution in [1.82, 2.24) is 0 Å². The molecule has 0 fully saturated rings. The van der Waals surface area contributed by atoms with Crippen LogP contribution in [-0.4, -0.2) is 24.2 Å². The number of benzene rings is 2. The van der Waals surface area contributed by atoms with Gasteiger partial charge < -0.3 is 15.2 Å². The van der Waals surface area contributed by atoms with Crippen LogP contribution in [0.5, 0.6) is 5.75 Å². The largest absolute Gasteiger partial charge is 0.492 e. The van der Waals surface area contributed by atoms with E-state index >= 15 is 0 Å². The molecule has 2 aromatic carbocycles. The van der Waals surface area contributed by atoms with Gasteiger partial charge in [-0.1, -0.05) is 17.7 Å². The summed E-state index contributed by atoms with van der Waals surface area (Å²) in [6.45, 7) is 1.04. The number of aromatic carboxylic acids is 1. The molecule has 0 aromatic heterocycles. The maximum atomic E-state index is 10.9. The van der Waals surface area contributed by atoms with Gasteiger partial charge in [-0.15, -0.1) is 0 Å². The van der Waals surface area contributed by atoms with Gasteiger partial charge >= 0.3 is 5.97 Å². The Kier molecular flexibility index (Phi) is 5.69. The van der Waals surface area contributed by atoms with Crippen LogP contribution in [0.3, 0.4) is 0 Å². The average Bonchev–Trinajstić information content (AvgIpc) is 2.45. The van der Waals surface area contributed by atoms with Crippen molar-refractivity contribution >= 4 is 45.8 Å². The van der Waals surface area contributed by atoms with Crippen LogP contribution in [0.15, 0.2) is 42.5 Å². The smallest absolute Gasteiger partial charge is 0.335 e. The highest BCUT2D eigenvalue weighted by atomic mass is 127. The van der Waals surface area contributed by atoms with Gasteiger partial charge in [0, 0.05) is 20.8 Å². The lowest BCUT2D eigenvalue weighted by Gasteiger charge is -2.10. The topological polar surface area (TPSA) is 58.6 Å². The lowest BCUT2D eigenvalue weighted by molar-refractivity contribution is 0.0696. The highest BCUT2D eigenvalue weighted by Gasteiger charge is 2.04. The second kappa shape index (κ2) is 7.51. The van der Waals surface area contributed by atoms with E-state index in [1.54, 1.807) is 12.1 Å². The average molecular weight is 418 g/mol. The quantitative estimate of drug-likeness (QED) is 0.548. The molecule has 0 aliphatic rings. The molecule has 0 radical (unpaired) electrons. The predicted octanol–water partition coefficient (Wildman–Crippen LogP) is 4.13. The Morgan fingerprint density at radius 3 is 2.81 bits per heavy atom. The summed E-state index contributed by atoms with van der Waals surface area (Å²) < 4.78 is 6.56. The SMILES string of the molecule is O=C(O)c1cccc(OCCNc2ccc(Cl)cc2I)c1.